The smallest absolute Gasteiger partial charge is 0.136 e. The fourth-order valence-electron chi connectivity index (χ4n) is 1.37. The summed E-state index contributed by atoms with van der Waals surface area (Å²) in [7, 11) is 0. The largest absolute Gasteiger partial charge is 0.300 e. The summed E-state index contributed by atoms with van der Waals surface area (Å²) in [5.74, 6) is 0.167. The van der Waals surface area contributed by atoms with E-state index in [0.717, 1.165) is 10.5 Å². The van der Waals surface area contributed by atoms with Gasteiger partial charge >= 0.3 is 0 Å². The molecule has 0 N–H and O–H groups in total. The van der Waals surface area contributed by atoms with E-state index in [1.807, 2.05) is 12.1 Å². The van der Waals surface area contributed by atoms with Gasteiger partial charge in [0.05, 0.1) is 16.6 Å². The highest BCUT2D eigenvalue weighted by Crippen LogP contribution is 2.23. The van der Waals surface area contributed by atoms with Gasteiger partial charge in [-0.25, -0.2) is 4.98 Å². The van der Waals surface area contributed by atoms with E-state index in [4.69, 9.17) is 0 Å². The number of hydrogen-bond donors (Lipinski definition) is 0. The molecule has 0 fully saturated rings. The third-order valence-corrected chi connectivity index (χ3v) is 3.01. The Kier molecular flexibility index (Phi) is 2.33. The van der Waals surface area contributed by atoms with Crippen LogP contribution in [0.2, 0.25) is 0 Å². The van der Waals surface area contributed by atoms with Crippen LogP contribution in [0.3, 0.4) is 0 Å². The molecule has 2 nitrogen and oxygen atoms in total. The van der Waals surface area contributed by atoms with Crippen molar-refractivity contribution in [2.75, 3.05) is 0 Å². The summed E-state index contributed by atoms with van der Waals surface area (Å²) in [6.07, 6.45) is 0.457. The van der Waals surface area contributed by atoms with Gasteiger partial charge in [-0.15, -0.1) is 11.3 Å². The average molecular weight is 205 g/mol. The fourth-order valence-corrected chi connectivity index (χ4v) is 2.50. The molecule has 2 rings (SSSR count). The highest BCUT2D eigenvalue weighted by molar-refractivity contribution is 7.18. The fraction of sp³-hybridized carbons (Fsp3) is 0.273. The minimum atomic E-state index is 0.167. The van der Waals surface area contributed by atoms with Crippen molar-refractivity contribution >= 4 is 27.3 Å². The Bertz CT molecular complexity index is 487. The Morgan fingerprint density at radius 2 is 2.29 bits per heavy atom. The third kappa shape index (κ3) is 1.82. The van der Waals surface area contributed by atoms with Crippen LogP contribution in [0, 0.1) is 6.92 Å². The summed E-state index contributed by atoms with van der Waals surface area (Å²) in [5.41, 5.74) is 2.23. The molecule has 72 valence electrons. The molecule has 3 heteroatoms. The van der Waals surface area contributed by atoms with Gasteiger partial charge in [0.1, 0.15) is 10.8 Å². The number of aryl methyl sites for hydroxylation is 1. The van der Waals surface area contributed by atoms with E-state index in [2.05, 4.69) is 18.0 Å². The first kappa shape index (κ1) is 9.34. The molecule has 2 aromatic rings. The molecule has 0 radical (unpaired) electrons. The first-order chi connectivity index (χ1) is 6.65. The molecule has 1 heterocycles. The van der Waals surface area contributed by atoms with Crippen LogP contribution in [0.1, 0.15) is 17.5 Å². The molecular weight excluding hydrogens is 194 g/mol. The average Bonchev–Trinajstić information content (AvgIpc) is 2.44. The molecule has 0 saturated carbocycles. The van der Waals surface area contributed by atoms with Gasteiger partial charge in [-0.1, -0.05) is 6.07 Å². The lowest BCUT2D eigenvalue weighted by Gasteiger charge is -1.88. The lowest BCUT2D eigenvalue weighted by atomic mass is 10.2. The molecule has 0 amide bonds. The van der Waals surface area contributed by atoms with E-state index in [1.54, 1.807) is 18.3 Å². The molecule has 0 spiro atoms. The van der Waals surface area contributed by atoms with Crippen LogP contribution >= 0.6 is 11.3 Å². The summed E-state index contributed by atoms with van der Waals surface area (Å²) in [6, 6.07) is 6.15. The minimum Gasteiger partial charge on any atom is -0.300 e. The van der Waals surface area contributed by atoms with Gasteiger partial charge in [0, 0.05) is 0 Å². The number of carbonyl (C=O) groups is 1. The quantitative estimate of drug-likeness (QED) is 0.754. The topological polar surface area (TPSA) is 30.0 Å². The van der Waals surface area contributed by atoms with Gasteiger partial charge in [0.25, 0.3) is 0 Å². The molecule has 0 saturated heterocycles. The van der Waals surface area contributed by atoms with Crippen LogP contribution in [-0.4, -0.2) is 10.8 Å². The van der Waals surface area contributed by atoms with Crippen LogP contribution in [0.4, 0.5) is 0 Å². The summed E-state index contributed by atoms with van der Waals surface area (Å²) in [6.45, 7) is 3.65. The van der Waals surface area contributed by atoms with E-state index in [0.29, 0.717) is 6.42 Å². The molecule has 1 aromatic heterocycles. The van der Waals surface area contributed by atoms with Crippen LogP contribution in [-0.2, 0) is 11.2 Å². The molecule has 0 aliphatic carbocycles. The van der Waals surface area contributed by atoms with Crippen molar-refractivity contribution in [3.05, 3.63) is 28.8 Å². The molecular formula is C11H11NOS. The normalized spacial score (nSPS) is 10.7. The summed E-state index contributed by atoms with van der Waals surface area (Å²) >= 11 is 1.61. The first-order valence-electron chi connectivity index (χ1n) is 4.50. The molecule has 1 aromatic carbocycles. The van der Waals surface area contributed by atoms with Gasteiger partial charge in [0.2, 0.25) is 0 Å². The zero-order valence-corrected chi connectivity index (χ0v) is 9.02. The van der Waals surface area contributed by atoms with Crippen molar-refractivity contribution in [3.8, 4) is 0 Å². The van der Waals surface area contributed by atoms with Gasteiger partial charge in [0.15, 0.2) is 0 Å². The van der Waals surface area contributed by atoms with E-state index in [1.165, 1.54) is 10.3 Å². The van der Waals surface area contributed by atoms with E-state index in [-0.39, 0.29) is 5.78 Å². The van der Waals surface area contributed by atoms with Crippen LogP contribution in [0.15, 0.2) is 18.2 Å². The highest BCUT2D eigenvalue weighted by atomic mass is 32.1. The van der Waals surface area contributed by atoms with Crippen molar-refractivity contribution in [1.29, 1.82) is 0 Å². The van der Waals surface area contributed by atoms with Gasteiger partial charge in [-0.3, -0.25) is 4.79 Å². The molecule has 0 aliphatic rings. The highest BCUT2D eigenvalue weighted by Gasteiger charge is 2.05. The number of benzene rings is 1. The Hall–Kier alpha value is -1.22. The van der Waals surface area contributed by atoms with Crippen molar-refractivity contribution in [2.45, 2.75) is 20.3 Å². The van der Waals surface area contributed by atoms with Crippen LogP contribution < -0.4 is 0 Å². The van der Waals surface area contributed by atoms with Gasteiger partial charge < -0.3 is 0 Å². The zero-order valence-electron chi connectivity index (χ0n) is 8.20. The van der Waals surface area contributed by atoms with Crippen molar-refractivity contribution in [1.82, 2.24) is 4.98 Å². The maximum absolute atomic E-state index is 10.9. The second kappa shape index (κ2) is 3.50. The number of aromatic nitrogens is 1. The number of ketones is 1. The SMILES string of the molecule is CC(=O)Cc1nc2ccc(C)cc2s1. The van der Waals surface area contributed by atoms with Gasteiger partial charge in [-0.2, -0.15) is 0 Å². The minimum absolute atomic E-state index is 0.167. The Balaban J connectivity index is 2.46. The number of Topliss-reactive ketones (excluding diaryl/α,β-unsaturated/α-hetero) is 1. The number of fused-ring (bicyclic) bond motifs is 1. The molecule has 0 bridgehead atoms. The number of nitrogens with zero attached hydrogens (tertiary/aromatic N) is 1. The lowest BCUT2D eigenvalue weighted by Crippen LogP contribution is -1.94. The van der Waals surface area contributed by atoms with Crippen molar-refractivity contribution in [3.63, 3.8) is 0 Å². The number of thiazole rings is 1. The van der Waals surface area contributed by atoms with Crippen molar-refractivity contribution < 1.29 is 4.79 Å². The molecule has 14 heavy (non-hydrogen) atoms. The Labute approximate surface area is 86.6 Å². The second-order valence-electron chi connectivity index (χ2n) is 3.46. The number of rotatable bonds is 2. The van der Waals surface area contributed by atoms with Crippen LogP contribution in [0.5, 0.6) is 0 Å². The van der Waals surface area contributed by atoms with Crippen LogP contribution in [0.25, 0.3) is 10.2 Å². The van der Waals surface area contributed by atoms with Crippen molar-refractivity contribution in [2.24, 2.45) is 0 Å². The second-order valence-corrected chi connectivity index (χ2v) is 4.57. The Morgan fingerprint density at radius 3 is 3.00 bits per heavy atom. The summed E-state index contributed by atoms with van der Waals surface area (Å²) < 4.78 is 1.17. The van der Waals surface area contributed by atoms with Gasteiger partial charge in [-0.05, 0) is 31.5 Å². The molecule has 0 atom stereocenters. The van der Waals surface area contributed by atoms with E-state index in [9.17, 15) is 4.79 Å². The summed E-state index contributed by atoms with van der Waals surface area (Å²) in [4.78, 5) is 15.3. The molecule has 0 unspecified atom stereocenters. The maximum atomic E-state index is 10.9. The standard InChI is InChI=1S/C11H11NOS/c1-7-3-4-9-10(5-7)14-11(12-9)6-8(2)13/h3-5H,6H2,1-2H3. The predicted octanol–water partition coefficient (Wildman–Crippen LogP) is 2.74. The third-order valence-electron chi connectivity index (χ3n) is 1.99. The van der Waals surface area contributed by atoms with E-state index < -0.39 is 0 Å². The maximum Gasteiger partial charge on any atom is 0.136 e. The first-order valence-corrected chi connectivity index (χ1v) is 5.32. The number of hydrogen-bond acceptors (Lipinski definition) is 3. The lowest BCUT2D eigenvalue weighted by molar-refractivity contribution is -0.116. The molecule has 0 aliphatic heterocycles. The monoisotopic (exact) mass is 205 g/mol. The van der Waals surface area contributed by atoms with E-state index >= 15 is 0 Å². The predicted molar refractivity (Wildman–Crippen MR) is 58.7 cm³/mol. The number of carbonyl (C=O) groups excluding carboxylic acids is 1. The zero-order chi connectivity index (χ0) is 10.1. The Morgan fingerprint density at radius 1 is 1.50 bits per heavy atom. The summed E-state index contributed by atoms with van der Waals surface area (Å²) in [5, 5.41) is 0.915.